The maximum absolute atomic E-state index is 12.7. The van der Waals surface area contributed by atoms with Crippen LogP contribution in [0.2, 0.25) is 0 Å². The molecule has 0 unspecified atom stereocenters. The Morgan fingerprint density at radius 2 is 1.90 bits per heavy atom. The average molecular weight is 313 g/mol. The molecule has 0 saturated carbocycles. The summed E-state index contributed by atoms with van der Waals surface area (Å²) in [6.07, 6.45) is 3.08. The molecule has 1 fully saturated rings. The van der Waals surface area contributed by atoms with E-state index < -0.39 is 0 Å². The van der Waals surface area contributed by atoms with Gasteiger partial charge in [0.2, 0.25) is 0 Å². The number of benzene rings is 1. The van der Waals surface area contributed by atoms with E-state index >= 15 is 0 Å². The van der Waals surface area contributed by atoms with E-state index in [4.69, 9.17) is 4.74 Å². The summed E-state index contributed by atoms with van der Waals surface area (Å²) in [5, 5.41) is 3.35. The summed E-state index contributed by atoms with van der Waals surface area (Å²) in [6, 6.07) is 7.76. The Balaban J connectivity index is 0.00000220. The van der Waals surface area contributed by atoms with Crippen LogP contribution in [0, 0.1) is 0 Å². The normalized spacial score (nSPS) is 15.1. The van der Waals surface area contributed by atoms with Gasteiger partial charge >= 0.3 is 0 Å². The standard InChI is InChI=1S/C16H24N2O2.ClH/c1-3-12-18(14-8-10-17-11-9-14)16(19)13-4-6-15(20-2)7-5-13;/h4-7,14,17H,3,8-12H2,1-2H3;1H. The molecule has 1 N–H and O–H groups in total. The predicted molar refractivity (Wildman–Crippen MR) is 87.5 cm³/mol. The Bertz CT molecular complexity index is 430. The van der Waals surface area contributed by atoms with Crippen molar-refractivity contribution in [1.82, 2.24) is 10.2 Å². The van der Waals surface area contributed by atoms with Crippen molar-refractivity contribution in [3.8, 4) is 5.75 Å². The molecule has 0 radical (unpaired) electrons. The molecule has 4 nitrogen and oxygen atoms in total. The number of amides is 1. The summed E-state index contributed by atoms with van der Waals surface area (Å²) in [7, 11) is 1.63. The van der Waals surface area contributed by atoms with Crippen molar-refractivity contribution in [1.29, 1.82) is 0 Å². The van der Waals surface area contributed by atoms with Crippen molar-refractivity contribution >= 4 is 18.3 Å². The zero-order valence-electron chi connectivity index (χ0n) is 12.8. The minimum Gasteiger partial charge on any atom is -0.497 e. The molecule has 0 aromatic heterocycles. The van der Waals surface area contributed by atoms with E-state index in [1.54, 1.807) is 7.11 Å². The second-order valence-electron chi connectivity index (χ2n) is 5.21. The summed E-state index contributed by atoms with van der Waals surface area (Å²) in [5.41, 5.74) is 0.748. The average Bonchev–Trinajstić information content (AvgIpc) is 2.53. The summed E-state index contributed by atoms with van der Waals surface area (Å²) >= 11 is 0. The number of piperidine rings is 1. The third-order valence-electron chi connectivity index (χ3n) is 3.81. The molecule has 2 rings (SSSR count). The number of ether oxygens (including phenoxy) is 1. The summed E-state index contributed by atoms with van der Waals surface area (Å²) < 4.78 is 5.14. The van der Waals surface area contributed by atoms with E-state index in [0.29, 0.717) is 6.04 Å². The Morgan fingerprint density at radius 3 is 2.43 bits per heavy atom. The Kier molecular flexibility index (Phi) is 7.54. The number of methoxy groups -OCH3 is 1. The number of carbonyl (C=O) groups is 1. The smallest absolute Gasteiger partial charge is 0.254 e. The van der Waals surface area contributed by atoms with Gasteiger partial charge in [0.05, 0.1) is 7.11 Å². The lowest BCUT2D eigenvalue weighted by molar-refractivity contribution is 0.0642. The molecule has 1 aromatic carbocycles. The maximum atomic E-state index is 12.7. The summed E-state index contributed by atoms with van der Waals surface area (Å²) in [5.74, 6) is 0.923. The van der Waals surface area contributed by atoms with Crippen LogP contribution < -0.4 is 10.1 Å². The van der Waals surface area contributed by atoms with Crippen molar-refractivity contribution in [2.45, 2.75) is 32.2 Å². The molecular weight excluding hydrogens is 288 g/mol. The second-order valence-corrected chi connectivity index (χ2v) is 5.21. The van der Waals surface area contributed by atoms with Gasteiger partial charge in [0.15, 0.2) is 0 Å². The lowest BCUT2D eigenvalue weighted by Gasteiger charge is -2.34. The van der Waals surface area contributed by atoms with Gasteiger partial charge in [-0.15, -0.1) is 12.4 Å². The number of hydrogen-bond acceptors (Lipinski definition) is 3. The first kappa shape index (κ1) is 17.8. The first-order chi connectivity index (χ1) is 9.76. The van der Waals surface area contributed by atoms with Crippen molar-refractivity contribution in [2.24, 2.45) is 0 Å². The molecule has 1 amide bonds. The van der Waals surface area contributed by atoms with Crippen LogP contribution >= 0.6 is 12.4 Å². The van der Waals surface area contributed by atoms with Gasteiger partial charge in [0, 0.05) is 18.2 Å². The number of carbonyl (C=O) groups excluding carboxylic acids is 1. The lowest BCUT2D eigenvalue weighted by atomic mass is 10.0. The summed E-state index contributed by atoms with van der Waals surface area (Å²) in [4.78, 5) is 14.7. The van der Waals surface area contributed by atoms with E-state index in [1.165, 1.54) is 0 Å². The first-order valence-electron chi connectivity index (χ1n) is 7.42. The quantitative estimate of drug-likeness (QED) is 0.909. The molecule has 1 saturated heterocycles. The molecule has 0 spiro atoms. The third kappa shape index (κ3) is 4.61. The van der Waals surface area contributed by atoms with Crippen LogP contribution in [0.3, 0.4) is 0 Å². The fourth-order valence-electron chi connectivity index (χ4n) is 2.71. The highest BCUT2D eigenvalue weighted by atomic mass is 35.5. The van der Waals surface area contributed by atoms with Gasteiger partial charge in [-0.1, -0.05) is 6.92 Å². The molecule has 0 atom stereocenters. The SMILES string of the molecule is CCCN(C(=O)c1ccc(OC)cc1)C1CCNCC1.Cl. The largest absolute Gasteiger partial charge is 0.497 e. The van der Waals surface area contributed by atoms with Gasteiger partial charge < -0.3 is 15.0 Å². The van der Waals surface area contributed by atoms with Crippen LogP contribution in [0.15, 0.2) is 24.3 Å². The molecule has 5 heteroatoms. The van der Waals surface area contributed by atoms with Crippen LogP contribution in [0.25, 0.3) is 0 Å². The fraction of sp³-hybridized carbons (Fsp3) is 0.562. The van der Waals surface area contributed by atoms with E-state index in [1.807, 2.05) is 29.2 Å². The van der Waals surface area contributed by atoms with Crippen LogP contribution in [0.4, 0.5) is 0 Å². The van der Waals surface area contributed by atoms with E-state index in [0.717, 1.165) is 50.2 Å². The molecular formula is C16H25ClN2O2. The van der Waals surface area contributed by atoms with Gasteiger partial charge in [0.25, 0.3) is 5.91 Å². The van der Waals surface area contributed by atoms with Gasteiger partial charge in [-0.05, 0) is 56.6 Å². The first-order valence-corrected chi connectivity index (χ1v) is 7.42. The maximum Gasteiger partial charge on any atom is 0.254 e. The lowest BCUT2D eigenvalue weighted by Crippen LogP contribution is -2.46. The van der Waals surface area contributed by atoms with Gasteiger partial charge in [0.1, 0.15) is 5.75 Å². The molecule has 1 aliphatic rings. The van der Waals surface area contributed by atoms with Crippen LogP contribution in [0.5, 0.6) is 5.75 Å². The second kappa shape index (κ2) is 8.90. The van der Waals surface area contributed by atoms with Crippen molar-refractivity contribution in [3.63, 3.8) is 0 Å². The minimum atomic E-state index is 0. The molecule has 0 aliphatic carbocycles. The monoisotopic (exact) mass is 312 g/mol. The Morgan fingerprint density at radius 1 is 1.29 bits per heavy atom. The number of hydrogen-bond donors (Lipinski definition) is 1. The minimum absolute atomic E-state index is 0. The van der Waals surface area contributed by atoms with Gasteiger partial charge in [-0.25, -0.2) is 0 Å². The Hall–Kier alpha value is -1.26. The molecule has 1 aliphatic heterocycles. The van der Waals surface area contributed by atoms with Crippen molar-refractivity contribution in [2.75, 3.05) is 26.7 Å². The van der Waals surface area contributed by atoms with Crippen LogP contribution in [-0.4, -0.2) is 43.6 Å². The van der Waals surface area contributed by atoms with E-state index in [-0.39, 0.29) is 18.3 Å². The molecule has 118 valence electrons. The number of rotatable bonds is 5. The molecule has 21 heavy (non-hydrogen) atoms. The summed E-state index contributed by atoms with van der Waals surface area (Å²) in [6.45, 7) is 4.95. The van der Waals surface area contributed by atoms with Crippen LogP contribution in [0.1, 0.15) is 36.5 Å². The number of nitrogens with zero attached hydrogens (tertiary/aromatic N) is 1. The predicted octanol–water partition coefficient (Wildman–Crippen LogP) is 2.72. The molecule has 1 heterocycles. The zero-order chi connectivity index (χ0) is 14.4. The highest BCUT2D eigenvalue weighted by Gasteiger charge is 2.25. The fourth-order valence-corrected chi connectivity index (χ4v) is 2.71. The van der Waals surface area contributed by atoms with E-state index in [9.17, 15) is 4.79 Å². The van der Waals surface area contributed by atoms with Crippen molar-refractivity contribution < 1.29 is 9.53 Å². The topological polar surface area (TPSA) is 41.6 Å². The zero-order valence-corrected chi connectivity index (χ0v) is 13.6. The van der Waals surface area contributed by atoms with Gasteiger partial charge in [-0.2, -0.15) is 0 Å². The highest BCUT2D eigenvalue weighted by Crippen LogP contribution is 2.18. The van der Waals surface area contributed by atoms with E-state index in [2.05, 4.69) is 12.2 Å². The Labute approximate surface area is 133 Å². The molecule has 1 aromatic rings. The molecule has 0 bridgehead atoms. The third-order valence-corrected chi connectivity index (χ3v) is 3.81. The number of halogens is 1. The van der Waals surface area contributed by atoms with Crippen LogP contribution in [-0.2, 0) is 0 Å². The highest BCUT2D eigenvalue weighted by molar-refractivity contribution is 5.94. The number of nitrogens with one attached hydrogen (secondary N) is 1. The van der Waals surface area contributed by atoms with Crippen molar-refractivity contribution in [3.05, 3.63) is 29.8 Å². The van der Waals surface area contributed by atoms with Gasteiger partial charge in [-0.3, -0.25) is 4.79 Å².